The third-order valence-electron chi connectivity index (χ3n) is 2.99. The van der Waals surface area contributed by atoms with Gasteiger partial charge in [0.25, 0.3) is 0 Å². The summed E-state index contributed by atoms with van der Waals surface area (Å²) in [4.78, 5) is 7.13. The van der Waals surface area contributed by atoms with Gasteiger partial charge in [0.15, 0.2) is 0 Å². The number of thiazole rings is 1. The molecule has 2 rings (SSSR count). The third-order valence-corrected chi connectivity index (χ3v) is 5.29. The summed E-state index contributed by atoms with van der Waals surface area (Å²) in [5, 5.41) is 1.16. The topological polar surface area (TPSA) is 38.9 Å². The van der Waals surface area contributed by atoms with Crippen LogP contribution >= 0.6 is 23.1 Å². The molecule has 0 radical (unpaired) electrons. The minimum absolute atomic E-state index is 0.163. The first kappa shape index (κ1) is 14.6. The molecule has 19 heavy (non-hydrogen) atoms. The fourth-order valence-corrected chi connectivity index (χ4v) is 3.63. The van der Waals surface area contributed by atoms with Gasteiger partial charge in [-0.2, -0.15) is 0 Å². The standard InChI is InChI=1S/C15H20N2S2/c1-10-4-6-14(7-5-10)18-9-13(16)8-15-17-11(2)12(3)19-15/h4-7,13H,8-9,16H2,1-3H3. The summed E-state index contributed by atoms with van der Waals surface area (Å²) in [7, 11) is 0. The van der Waals surface area contributed by atoms with Crippen molar-refractivity contribution in [2.45, 2.75) is 38.1 Å². The van der Waals surface area contributed by atoms with Gasteiger partial charge in [0.05, 0.1) is 10.7 Å². The second kappa shape index (κ2) is 6.55. The molecule has 1 atom stereocenters. The number of aromatic nitrogens is 1. The van der Waals surface area contributed by atoms with E-state index in [4.69, 9.17) is 5.73 Å². The van der Waals surface area contributed by atoms with Crippen molar-refractivity contribution in [3.05, 3.63) is 45.4 Å². The van der Waals surface area contributed by atoms with Crippen molar-refractivity contribution in [2.24, 2.45) is 5.73 Å². The Bertz CT molecular complexity index is 512. The lowest BCUT2D eigenvalue weighted by atomic mass is 10.2. The van der Waals surface area contributed by atoms with Gasteiger partial charge in [-0.05, 0) is 32.9 Å². The summed E-state index contributed by atoms with van der Waals surface area (Å²) in [6.07, 6.45) is 0.873. The van der Waals surface area contributed by atoms with E-state index in [0.29, 0.717) is 0 Å². The van der Waals surface area contributed by atoms with Gasteiger partial charge in [-0.25, -0.2) is 4.98 Å². The molecular formula is C15H20N2S2. The minimum atomic E-state index is 0.163. The van der Waals surface area contributed by atoms with Crippen molar-refractivity contribution in [2.75, 3.05) is 5.75 Å². The monoisotopic (exact) mass is 292 g/mol. The largest absolute Gasteiger partial charge is 0.327 e. The number of rotatable bonds is 5. The number of benzene rings is 1. The first-order valence-corrected chi connectivity index (χ1v) is 8.23. The first-order valence-electron chi connectivity index (χ1n) is 6.42. The normalized spacial score (nSPS) is 12.6. The molecule has 2 nitrogen and oxygen atoms in total. The Labute approximate surface area is 123 Å². The quantitative estimate of drug-likeness (QED) is 0.853. The van der Waals surface area contributed by atoms with E-state index in [-0.39, 0.29) is 6.04 Å². The molecule has 4 heteroatoms. The van der Waals surface area contributed by atoms with Crippen LogP contribution in [-0.4, -0.2) is 16.8 Å². The maximum Gasteiger partial charge on any atom is 0.0946 e. The van der Waals surface area contributed by atoms with Crippen LogP contribution in [0.3, 0.4) is 0 Å². The Morgan fingerprint density at radius 2 is 1.89 bits per heavy atom. The highest BCUT2D eigenvalue weighted by Crippen LogP contribution is 2.21. The molecule has 0 saturated carbocycles. The van der Waals surface area contributed by atoms with Gasteiger partial charge in [-0.3, -0.25) is 0 Å². The van der Waals surface area contributed by atoms with Crippen molar-refractivity contribution in [3.63, 3.8) is 0 Å². The van der Waals surface area contributed by atoms with Gasteiger partial charge in [-0.1, -0.05) is 17.7 Å². The Hall–Kier alpha value is -0.840. The van der Waals surface area contributed by atoms with E-state index in [2.05, 4.69) is 50.0 Å². The predicted molar refractivity (Wildman–Crippen MR) is 85.2 cm³/mol. The second-order valence-corrected chi connectivity index (χ2v) is 7.22. The molecule has 1 unspecified atom stereocenters. The maximum atomic E-state index is 6.19. The van der Waals surface area contributed by atoms with E-state index in [1.165, 1.54) is 15.3 Å². The van der Waals surface area contributed by atoms with Crippen molar-refractivity contribution in [3.8, 4) is 0 Å². The van der Waals surface area contributed by atoms with Gasteiger partial charge in [-0.15, -0.1) is 23.1 Å². The van der Waals surface area contributed by atoms with E-state index < -0.39 is 0 Å². The summed E-state index contributed by atoms with van der Waals surface area (Å²) >= 11 is 3.59. The molecule has 2 aromatic rings. The van der Waals surface area contributed by atoms with E-state index >= 15 is 0 Å². The molecule has 0 spiro atoms. The third kappa shape index (κ3) is 4.34. The second-order valence-electron chi connectivity index (χ2n) is 4.84. The molecule has 2 N–H and O–H groups in total. The molecule has 0 aliphatic rings. The smallest absolute Gasteiger partial charge is 0.0946 e. The fourth-order valence-electron chi connectivity index (χ4n) is 1.75. The average molecular weight is 292 g/mol. The Kier molecular flexibility index (Phi) is 5.02. The van der Waals surface area contributed by atoms with Crippen LogP contribution in [-0.2, 0) is 6.42 Å². The van der Waals surface area contributed by atoms with Crippen molar-refractivity contribution in [1.82, 2.24) is 4.98 Å². The van der Waals surface area contributed by atoms with Gasteiger partial charge >= 0.3 is 0 Å². The van der Waals surface area contributed by atoms with E-state index in [1.807, 2.05) is 11.8 Å². The highest BCUT2D eigenvalue weighted by molar-refractivity contribution is 7.99. The molecule has 1 aromatic carbocycles. The van der Waals surface area contributed by atoms with Crippen LogP contribution < -0.4 is 5.73 Å². The zero-order chi connectivity index (χ0) is 13.8. The number of aryl methyl sites for hydroxylation is 3. The molecule has 1 aromatic heterocycles. The molecule has 0 fully saturated rings. The van der Waals surface area contributed by atoms with E-state index in [1.54, 1.807) is 11.3 Å². The lowest BCUT2D eigenvalue weighted by Gasteiger charge is -2.09. The van der Waals surface area contributed by atoms with Gasteiger partial charge in [0.1, 0.15) is 0 Å². The molecule has 0 bridgehead atoms. The molecule has 1 heterocycles. The number of nitrogens with two attached hydrogens (primary N) is 1. The Morgan fingerprint density at radius 3 is 2.47 bits per heavy atom. The molecule has 0 aliphatic heterocycles. The molecular weight excluding hydrogens is 272 g/mol. The molecule has 0 saturated heterocycles. The highest BCUT2D eigenvalue weighted by atomic mass is 32.2. The number of nitrogens with zero attached hydrogens (tertiary/aromatic N) is 1. The van der Waals surface area contributed by atoms with Crippen LogP contribution in [0.25, 0.3) is 0 Å². The summed E-state index contributed by atoms with van der Waals surface area (Å²) in [6, 6.07) is 8.76. The number of thioether (sulfide) groups is 1. The molecule has 0 amide bonds. The van der Waals surface area contributed by atoms with Crippen LogP contribution in [0, 0.1) is 20.8 Å². The number of hydrogen-bond acceptors (Lipinski definition) is 4. The zero-order valence-electron chi connectivity index (χ0n) is 11.6. The van der Waals surface area contributed by atoms with Gasteiger partial charge in [0.2, 0.25) is 0 Å². The molecule has 0 aliphatic carbocycles. The predicted octanol–water partition coefficient (Wildman–Crippen LogP) is 3.73. The highest BCUT2D eigenvalue weighted by Gasteiger charge is 2.09. The SMILES string of the molecule is Cc1ccc(SCC(N)Cc2nc(C)c(C)s2)cc1. The van der Waals surface area contributed by atoms with Crippen molar-refractivity contribution in [1.29, 1.82) is 0 Å². The zero-order valence-corrected chi connectivity index (χ0v) is 13.3. The lowest BCUT2D eigenvalue weighted by molar-refractivity contribution is 0.742. The fraction of sp³-hybridized carbons (Fsp3) is 0.400. The minimum Gasteiger partial charge on any atom is -0.327 e. The van der Waals surface area contributed by atoms with Crippen LogP contribution in [0.1, 0.15) is 21.1 Å². The van der Waals surface area contributed by atoms with E-state index in [9.17, 15) is 0 Å². The Balaban J connectivity index is 1.84. The van der Waals surface area contributed by atoms with Crippen molar-refractivity contribution < 1.29 is 0 Å². The van der Waals surface area contributed by atoms with Crippen LogP contribution in [0.5, 0.6) is 0 Å². The first-order chi connectivity index (χ1) is 9.04. The summed E-state index contributed by atoms with van der Waals surface area (Å²) in [6.45, 7) is 6.28. The van der Waals surface area contributed by atoms with Crippen molar-refractivity contribution >= 4 is 23.1 Å². The van der Waals surface area contributed by atoms with Gasteiger partial charge < -0.3 is 5.73 Å². The summed E-state index contributed by atoms with van der Waals surface area (Å²) in [5.74, 6) is 0.931. The van der Waals surface area contributed by atoms with E-state index in [0.717, 1.165) is 22.9 Å². The molecule has 102 valence electrons. The lowest BCUT2D eigenvalue weighted by Crippen LogP contribution is -2.25. The average Bonchev–Trinajstić information content (AvgIpc) is 2.67. The summed E-state index contributed by atoms with van der Waals surface area (Å²) in [5.41, 5.74) is 8.62. The number of hydrogen-bond donors (Lipinski definition) is 1. The van der Waals surface area contributed by atoms with Crippen LogP contribution in [0.4, 0.5) is 0 Å². The van der Waals surface area contributed by atoms with Gasteiger partial charge in [0, 0.05) is 28.0 Å². The van der Waals surface area contributed by atoms with Crippen LogP contribution in [0.15, 0.2) is 29.2 Å². The Morgan fingerprint density at radius 1 is 1.21 bits per heavy atom. The van der Waals surface area contributed by atoms with Crippen LogP contribution in [0.2, 0.25) is 0 Å². The summed E-state index contributed by atoms with van der Waals surface area (Å²) < 4.78 is 0. The maximum absolute atomic E-state index is 6.19.